The molecule has 5 heteroatoms. The average molecular weight is 302 g/mol. The Kier molecular flexibility index (Phi) is 3.89. The quantitative estimate of drug-likeness (QED) is 0.930. The van der Waals surface area contributed by atoms with E-state index in [9.17, 15) is 4.79 Å². The molecule has 2 aliphatic carbocycles. The van der Waals surface area contributed by atoms with Crippen molar-refractivity contribution in [3.05, 3.63) is 11.6 Å². The minimum absolute atomic E-state index is 0.324. The second kappa shape index (κ2) is 6.01. The number of carbonyl (C=O) groups is 1. The van der Waals surface area contributed by atoms with Crippen molar-refractivity contribution in [1.82, 2.24) is 20.1 Å². The van der Waals surface area contributed by atoms with Gasteiger partial charge in [-0.15, -0.1) is 0 Å². The summed E-state index contributed by atoms with van der Waals surface area (Å²) in [6.45, 7) is 1.73. The molecular formula is C17H26N4O. The van der Waals surface area contributed by atoms with E-state index in [-0.39, 0.29) is 0 Å². The Bertz CT molecular complexity index is 531. The number of rotatable bonds is 4. The van der Waals surface area contributed by atoms with Crippen molar-refractivity contribution >= 4 is 5.91 Å². The predicted octanol–water partition coefficient (Wildman–Crippen LogP) is 2.97. The zero-order valence-electron chi connectivity index (χ0n) is 13.3. The van der Waals surface area contributed by atoms with Gasteiger partial charge < -0.3 is 4.90 Å². The van der Waals surface area contributed by atoms with Crippen LogP contribution in [0.15, 0.2) is 0 Å². The molecular weight excluding hydrogens is 276 g/mol. The fourth-order valence-corrected chi connectivity index (χ4v) is 4.01. The van der Waals surface area contributed by atoms with Crippen LogP contribution in [0.4, 0.5) is 0 Å². The first-order chi connectivity index (χ1) is 10.8. The lowest BCUT2D eigenvalue weighted by Gasteiger charge is -2.32. The van der Waals surface area contributed by atoms with Crippen LogP contribution >= 0.6 is 0 Å². The highest BCUT2D eigenvalue weighted by Crippen LogP contribution is 2.38. The van der Waals surface area contributed by atoms with Gasteiger partial charge in [0.2, 0.25) is 5.91 Å². The van der Waals surface area contributed by atoms with E-state index in [2.05, 4.69) is 20.1 Å². The zero-order chi connectivity index (χ0) is 14.9. The molecule has 5 nitrogen and oxygen atoms in total. The summed E-state index contributed by atoms with van der Waals surface area (Å²) >= 11 is 0. The number of nitrogens with one attached hydrogen (secondary N) is 1. The summed E-state index contributed by atoms with van der Waals surface area (Å²) < 4.78 is 0. The molecule has 4 rings (SSSR count). The van der Waals surface area contributed by atoms with Gasteiger partial charge in [-0.2, -0.15) is 5.10 Å². The summed E-state index contributed by atoms with van der Waals surface area (Å²) in [7, 11) is 0. The Balaban J connectivity index is 1.36. The maximum atomic E-state index is 12.5. The molecule has 3 fully saturated rings. The molecule has 0 radical (unpaired) electrons. The van der Waals surface area contributed by atoms with Gasteiger partial charge in [-0.1, -0.05) is 12.8 Å². The lowest BCUT2D eigenvalue weighted by Crippen LogP contribution is -2.40. The number of carbonyl (C=O) groups excluding carboxylic acids is 1. The van der Waals surface area contributed by atoms with E-state index in [0.717, 1.165) is 44.0 Å². The van der Waals surface area contributed by atoms with Gasteiger partial charge in [-0.05, 0) is 44.4 Å². The van der Waals surface area contributed by atoms with Crippen LogP contribution in [-0.2, 0) is 4.79 Å². The molecule has 22 heavy (non-hydrogen) atoms. The number of hydrogen-bond acceptors (Lipinski definition) is 3. The SMILES string of the molecule is O=C(CC1CCCC1)N1CCC[C@H](c2n[nH]c(C3CC3)n2)C1. The molecule has 1 aromatic heterocycles. The van der Waals surface area contributed by atoms with Crippen molar-refractivity contribution in [2.45, 2.75) is 69.6 Å². The first kappa shape index (κ1) is 14.2. The summed E-state index contributed by atoms with van der Waals surface area (Å²) in [5, 5.41) is 7.53. The summed E-state index contributed by atoms with van der Waals surface area (Å²) in [4.78, 5) is 19.3. The molecule has 0 spiro atoms. The third-order valence-electron chi connectivity index (χ3n) is 5.56. The molecule has 0 aromatic carbocycles. The van der Waals surface area contributed by atoms with Gasteiger partial charge in [0.15, 0.2) is 5.82 Å². The van der Waals surface area contributed by atoms with Gasteiger partial charge in [-0.3, -0.25) is 9.89 Å². The van der Waals surface area contributed by atoms with Gasteiger partial charge >= 0.3 is 0 Å². The molecule has 1 amide bonds. The first-order valence-corrected chi connectivity index (χ1v) is 8.99. The second-order valence-electron chi connectivity index (χ2n) is 7.39. The van der Waals surface area contributed by atoms with E-state index in [1.54, 1.807) is 0 Å². The van der Waals surface area contributed by atoms with Gasteiger partial charge in [0.25, 0.3) is 0 Å². The number of likely N-dealkylation sites (tertiary alicyclic amines) is 1. The van der Waals surface area contributed by atoms with Crippen LogP contribution in [0.3, 0.4) is 0 Å². The molecule has 1 saturated heterocycles. The molecule has 1 aromatic rings. The van der Waals surface area contributed by atoms with E-state index in [1.807, 2.05) is 0 Å². The monoisotopic (exact) mass is 302 g/mol. The minimum Gasteiger partial charge on any atom is -0.342 e. The maximum absolute atomic E-state index is 12.5. The van der Waals surface area contributed by atoms with Crippen molar-refractivity contribution in [3.63, 3.8) is 0 Å². The minimum atomic E-state index is 0.324. The molecule has 2 heterocycles. The molecule has 2 saturated carbocycles. The van der Waals surface area contributed by atoms with Crippen LogP contribution in [0.25, 0.3) is 0 Å². The van der Waals surface area contributed by atoms with Crippen molar-refractivity contribution in [3.8, 4) is 0 Å². The van der Waals surface area contributed by atoms with Crippen LogP contribution in [0.1, 0.15) is 81.3 Å². The van der Waals surface area contributed by atoms with Gasteiger partial charge in [0.1, 0.15) is 5.82 Å². The fourth-order valence-electron chi connectivity index (χ4n) is 4.01. The highest BCUT2D eigenvalue weighted by molar-refractivity contribution is 5.76. The Labute approximate surface area is 131 Å². The van der Waals surface area contributed by atoms with Crippen LogP contribution in [0, 0.1) is 5.92 Å². The van der Waals surface area contributed by atoms with Crippen LogP contribution in [0.5, 0.6) is 0 Å². The van der Waals surface area contributed by atoms with Crippen LogP contribution in [-0.4, -0.2) is 39.1 Å². The van der Waals surface area contributed by atoms with Crippen molar-refractivity contribution in [1.29, 1.82) is 0 Å². The molecule has 1 aliphatic heterocycles. The number of amides is 1. The lowest BCUT2D eigenvalue weighted by atomic mass is 9.96. The molecule has 3 aliphatic rings. The van der Waals surface area contributed by atoms with Gasteiger partial charge in [0.05, 0.1) is 0 Å². The number of aromatic nitrogens is 3. The largest absolute Gasteiger partial charge is 0.342 e. The number of aromatic amines is 1. The number of piperidine rings is 1. The second-order valence-corrected chi connectivity index (χ2v) is 7.39. The van der Waals surface area contributed by atoms with E-state index in [1.165, 1.54) is 38.5 Å². The summed E-state index contributed by atoms with van der Waals surface area (Å²) in [5.74, 6) is 3.92. The number of nitrogens with zero attached hydrogens (tertiary/aromatic N) is 3. The zero-order valence-corrected chi connectivity index (χ0v) is 13.3. The third kappa shape index (κ3) is 3.03. The van der Waals surface area contributed by atoms with Gasteiger partial charge in [0, 0.05) is 31.3 Å². The summed E-state index contributed by atoms with van der Waals surface area (Å²) in [6.07, 6.45) is 10.5. The number of hydrogen-bond donors (Lipinski definition) is 1. The fraction of sp³-hybridized carbons (Fsp3) is 0.824. The maximum Gasteiger partial charge on any atom is 0.222 e. The van der Waals surface area contributed by atoms with E-state index >= 15 is 0 Å². The van der Waals surface area contributed by atoms with Crippen molar-refractivity contribution in [2.75, 3.05) is 13.1 Å². The topological polar surface area (TPSA) is 61.9 Å². The Morgan fingerprint density at radius 3 is 2.68 bits per heavy atom. The lowest BCUT2D eigenvalue weighted by molar-refractivity contribution is -0.133. The molecule has 120 valence electrons. The normalized spacial score (nSPS) is 26.5. The summed E-state index contributed by atoms with van der Waals surface area (Å²) in [5.41, 5.74) is 0. The molecule has 1 atom stereocenters. The van der Waals surface area contributed by atoms with E-state index in [0.29, 0.717) is 23.7 Å². The summed E-state index contributed by atoms with van der Waals surface area (Å²) in [6, 6.07) is 0. The van der Waals surface area contributed by atoms with E-state index in [4.69, 9.17) is 0 Å². The van der Waals surface area contributed by atoms with Crippen LogP contribution < -0.4 is 0 Å². The number of H-pyrrole nitrogens is 1. The predicted molar refractivity (Wildman–Crippen MR) is 83.5 cm³/mol. The Morgan fingerprint density at radius 1 is 1.09 bits per heavy atom. The van der Waals surface area contributed by atoms with Crippen LogP contribution in [0.2, 0.25) is 0 Å². The van der Waals surface area contributed by atoms with E-state index < -0.39 is 0 Å². The first-order valence-electron chi connectivity index (χ1n) is 8.99. The Hall–Kier alpha value is -1.39. The highest BCUT2D eigenvalue weighted by Gasteiger charge is 2.31. The van der Waals surface area contributed by atoms with Crippen molar-refractivity contribution < 1.29 is 4.79 Å². The highest BCUT2D eigenvalue weighted by atomic mass is 16.2. The smallest absolute Gasteiger partial charge is 0.222 e. The molecule has 1 N–H and O–H groups in total. The Morgan fingerprint density at radius 2 is 1.91 bits per heavy atom. The standard InChI is InChI=1S/C17H26N4O/c22-15(10-12-4-1-2-5-12)21-9-3-6-14(11-21)17-18-16(19-20-17)13-7-8-13/h12-14H,1-11H2,(H,18,19,20)/t14-/m0/s1. The third-order valence-corrected chi connectivity index (χ3v) is 5.56. The molecule has 0 bridgehead atoms. The van der Waals surface area contributed by atoms with Crippen molar-refractivity contribution in [2.24, 2.45) is 5.92 Å². The molecule has 0 unspecified atom stereocenters. The van der Waals surface area contributed by atoms with Gasteiger partial charge in [-0.25, -0.2) is 4.98 Å². The average Bonchev–Trinajstić information content (AvgIpc) is 3.06.